The van der Waals surface area contributed by atoms with E-state index in [0.717, 1.165) is 27.4 Å². The molecule has 4 atom stereocenters. The summed E-state index contributed by atoms with van der Waals surface area (Å²) in [6, 6.07) is 9.01. The molecule has 2 aromatic heterocycles. The number of hydrogen-bond acceptors (Lipinski definition) is 9. The highest BCUT2D eigenvalue weighted by atomic mass is 32.1. The van der Waals surface area contributed by atoms with Crippen LogP contribution in [0.25, 0.3) is 10.4 Å². The van der Waals surface area contributed by atoms with Crippen molar-refractivity contribution in [2.24, 2.45) is 11.3 Å². The summed E-state index contributed by atoms with van der Waals surface area (Å²) in [6.45, 7) is 10.5. The fraction of sp³-hybridized carbons (Fsp3) is 0.486. The highest BCUT2D eigenvalue weighted by Gasteiger charge is 2.45. The molecule has 0 radical (unpaired) electrons. The maximum Gasteiger partial charge on any atom is 0.306 e. The summed E-state index contributed by atoms with van der Waals surface area (Å²) >= 11 is 1.57. The number of likely N-dealkylation sites (tertiary alicyclic amines) is 1. The van der Waals surface area contributed by atoms with Gasteiger partial charge in [0.05, 0.1) is 46.0 Å². The minimum absolute atomic E-state index is 0.0256. The van der Waals surface area contributed by atoms with Crippen molar-refractivity contribution in [3.8, 4) is 10.4 Å². The first kappa shape index (κ1) is 35.0. The van der Waals surface area contributed by atoms with Crippen LogP contribution in [0.3, 0.4) is 0 Å². The quantitative estimate of drug-likeness (QED) is 0.264. The largest absolute Gasteiger partial charge is 0.481 e. The SMILES string of the molecule is Cc1ncsc1-c1ccc([C@H](C)NC(=O)[C@@H]2C[C@@H](O)CN2C(=O)[C@@H](NC(=O)c2ccc(N3CCC(C(=O)O)CC3)cn2)C(C)(C)C)cc1. The lowest BCUT2D eigenvalue weighted by atomic mass is 9.85. The highest BCUT2D eigenvalue weighted by Crippen LogP contribution is 2.30. The molecule has 2 fully saturated rings. The van der Waals surface area contributed by atoms with Crippen LogP contribution in [0.15, 0.2) is 48.1 Å². The first-order valence-electron chi connectivity index (χ1n) is 16.3. The number of aromatic nitrogens is 2. The second-order valence-corrected chi connectivity index (χ2v) is 14.6. The Hall–Kier alpha value is -4.36. The molecule has 2 aliphatic rings. The summed E-state index contributed by atoms with van der Waals surface area (Å²) in [4.78, 5) is 65.4. The molecule has 0 aliphatic carbocycles. The van der Waals surface area contributed by atoms with Crippen LogP contribution in [0.2, 0.25) is 0 Å². The topological polar surface area (TPSA) is 165 Å². The lowest BCUT2D eigenvalue weighted by Gasteiger charge is -2.35. The zero-order valence-electron chi connectivity index (χ0n) is 28.0. The maximum atomic E-state index is 14.0. The minimum Gasteiger partial charge on any atom is -0.481 e. The number of aryl methyl sites for hydroxylation is 1. The van der Waals surface area contributed by atoms with Gasteiger partial charge in [0, 0.05) is 26.1 Å². The monoisotopic (exact) mass is 676 g/mol. The van der Waals surface area contributed by atoms with Gasteiger partial charge in [-0.2, -0.15) is 0 Å². The molecule has 0 spiro atoms. The number of hydrogen-bond donors (Lipinski definition) is 4. The van der Waals surface area contributed by atoms with Crippen LogP contribution in [0.5, 0.6) is 0 Å². The standard InChI is InChI=1S/C35H44N6O6S/c1-20(22-6-8-23(9-7-22)29-21(2)37-19-48-29)38-32(44)28-16-26(42)18-41(28)33(45)30(35(3,4)5)39-31(43)27-11-10-25(17-36-27)40-14-12-24(13-15-40)34(46)47/h6-11,17,19-20,24,26,28,30,42H,12-16,18H2,1-5H3,(H,38,44)(H,39,43)(H,46,47)/t20-,26+,28-,30+/m0/s1. The number of rotatable bonds is 9. The van der Waals surface area contributed by atoms with Crippen LogP contribution in [0.4, 0.5) is 5.69 Å². The van der Waals surface area contributed by atoms with Gasteiger partial charge in [-0.1, -0.05) is 45.0 Å². The fourth-order valence-electron chi connectivity index (χ4n) is 6.31. The van der Waals surface area contributed by atoms with Crippen molar-refractivity contribution in [3.63, 3.8) is 0 Å². The Bertz CT molecular complexity index is 1630. The summed E-state index contributed by atoms with van der Waals surface area (Å²) in [6.07, 6.45) is 1.86. The maximum absolute atomic E-state index is 14.0. The Balaban J connectivity index is 1.24. The van der Waals surface area contributed by atoms with Crippen molar-refractivity contribution in [1.82, 2.24) is 25.5 Å². The molecule has 4 heterocycles. The van der Waals surface area contributed by atoms with Crippen LogP contribution in [0, 0.1) is 18.3 Å². The zero-order chi connectivity index (χ0) is 34.7. The van der Waals surface area contributed by atoms with E-state index in [1.54, 1.807) is 29.7 Å². The number of anilines is 1. The Kier molecular flexibility index (Phi) is 10.5. The number of thiazole rings is 1. The molecule has 3 amide bonds. The fourth-order valence-corrected chi connectivity index (χ4v) is 7.12. The van der Waals surface area contributed by atoms with Crippen molar-refractivity contribution in [1.29, 1.82) is 0 Å². The number of amides is 3. The Morgan fingerprint density at radius 3 is 2.25 bits per heavy atom. The number of piperidine rings is 1. The van der Waals surface area contributed by atoms with Gasteiger partial charge in [-0.25, -0.2) is 9.97 Å². The number of nitrogens with one attached hydrogen (secondary N) is 2. The van der Waals surface area contributed by atoms with Gasteiger partial charge in [0.2, 0.25) is 11.8 Å². The van der Waals surface area contributed by atoms with Gasteiger partial charge >= 0.3 is 5.97 Å². The van der Waals surface area contributed by atoms with Crippen LogP contribution in [-0.4, -0.2) is 86.6 Å². The van der Waals surface area contributed by atoms with Gasteiger partial charge in [-0.3, -0.25) is 19.2 Å². The number of nitrogens with zero attached hydrogens (tertiary/aromatic N) is 4. The van der Waals surface area contributed by atoms with E-state index in [0.29, 0.717) is 25.9 Å². The first-order chi connectivity index (χ1) is 22.7. The average molecular weight is 677 g/mol. The lowest BCUT2D eigenvalue weighted by Crippen LogP contribution is -2.58. The van der Waals surface area contributed by atoms with Crippen molar-refractivity contribution in [2.45, 2.75) is 78.1 Å². The number of benzene rings is 1. The molecular formula is C35H44N6O6S. The number of carbonyl (C=O) groups is 4. The molecule has 2 saturated heterocycles. The van der Waals surface area contributed by atoms with Gasteiger partial charge < -0.3 is 30.6 Å². The average Bonchev–Trinajstić information content (AvgIpc) is 3.68. The number of β-amino-alcohol motifs (C(OH)–C–C–N with tert-alkyl or cyclic N) is 1. The van der Waals surface area contributed by atoms with E-state index in [1.807, 2.05) is 69.3 Å². The summed E-state index contributed by atoms with van der Waals surface area (Å²) < 4.78 is 0. The van der Waals surface area contributed by atoms with Crippen LogP contribution in [-0.2, 0) is 14.4 Å². The number of carboxylic acid groups (broad SMARTS) is 1. The van der Waals surface area contributed by atoms with E-state index >= 15 is 0 Å². The van der Waals surface area contributed by atoms with E-state index in [4.69, 9.17) is 0 Å². The molecule has 5 rings (SSSR count). The van der Waals surface area contributed by atoms with Crippen molar-refractivity contribution in [3.05, 3.63) is 65.1 Å². The molecule has 0 saturated carbocycles. The minimum atomic E-state index is -0.998. The van der Waals surface area contributed by atoms with Crippen molar-refractivity contribution < 1.29 is 29.4 Å². The molecule has 0 bridgehead atoms. The third kappa shape index (κ3) is 7.84. The van der Waals surface area contributed by atoms with E-state index in [-0.39, 0.29) is 36.5 Å². The van der Waals surface area contributed by atoms with E-state index in [9.17, 15) is 29.4 Å². The molecule has 3 aromatic rings. The number of pyridine rings is 1. The van der Waals surface area contributed by atoms with Crippen molar-refractivity contribution >= 4 is 40.7 Å². The molecule has 2 aliphatic heterocycles. The van der Waals surface area contributed by atoms with Crippen LogP contribution >= 0.6 is 11.3 Å². The summed E-state index contributed by atoms with van der Waals surface area (Å²) in [7, 11) is 0. The van der Waals surface area contributed by atoms with E-state index in [1.165, 1.54) is 4.90 Å². The molecule has 12 nitrogen and oxygen atoms in total. The molecule has 0 unspecified atom stereocenters. The molecule has 48 heavy (non-hydrogen) atoms. The third-order valence-corrected chi connectivity index (χ3v) is 10.2. The molecular weight excluding hydrogens is 632 g/mol. The number of aliphatic hydroxyl groups excluding tert-OH is 1. The second-order valence-electron chi connectivity index (χ2n) is 13.8. The molecule has 1 aromatic carbocycles. The third-order valence-electron chi connectivity index (χ3n) is 9.22. The number of carboxylic acids is 1. The van der Waals surface area contributed by atoms with Crippen LogP contribution in [0.1, 0.15) is 74.7 Å². The Labute approximate surface area is 284 Å². The molecule has 4 N–H and O–H groups in total. The van der Waals surface area contributed by atoms with Crippen LogP contribution < -0.4 is 15.5 Å². The van der Waals surface area contributed by atoms with E-state index < -0.39 is 41.4 Å². The van der Waals surface area contributed by atoms with Gasteiger partial charge in [-0.15, -0.1) is 11.3 Å². The van der Waals surface area contributed by atoms with Gasteiger partial charge in [0.25, 0.3) is 5.91 Å². The smallest absolute Gasteiger partial charge is 0.306 e. The molecule has 256 valence electrons. The zero-order valence-corrected chi connectivity index (χ0v) is 28.8. The van der Waals surface area contributed by atoms with Crippen molar-refractivity contribution in [2.75, 3.05) is 24.5 Å². The normalized spacial score (nSPS) is 19.9. The predicted octanol–water partition coefficient (Wildman–Crippen LogP) is 3.80. The first-order valence-corrected chi connectivity index (χ1v) is 17.1. The molecule has 13 heteroatoms. The van der Waals surface area contributed by atoms with Gasteiger partial charge in [-0.05, 0) is 55.4 Å². The van der Waals surface area contributed by atoms with E-state index in [2.05, 4.69) is 20.6 Å². The number of carbonyl (C=O) groups excluding carboxylic acids is 3. The lowest BCUT2D eigenvalue weighted by molar-refractivity contribution is -0.142. The summed E-state index contributed by atoms with van der Waals surface area (Å²) in [5.74, 6) is -2.50. The van der Waals surface area contributed by atoms with Gasteiger partial charge in [0.1, 0.15) is 17.8 Å². The predicted molar refractivity (Wildman–Crippen MR) is 182 cm³/mol. The Morgan fingerprint density at radius 1 is 1.00 bits per heavy atom. The number of aliphatic hydroxyl groups is 1. The van der Waals surface area contributed by atoms with Gasteiger partial charge in [0.15, 0.2) is 0 Å². The summed E-state index contributed by atoms with van der Waals surface area (Å²) in [5, 5.41) is 25.7. The Morgan fingerprint density at radius 2 is 1.69 bits per heavy atom. The highest BCUT2D eigenvalue weighted by molar-refractivity contribution is 7.13. The summed E-state index contributed by atoms with van der Waals surface area (Å²) in [5.41, 5.74) is 4.92. The second kappa shape index (κ2) is 14.4. The number of aliphatic carboxylic acids is 1.